The number of likely N-dealkylation sites (tertiary alicyclic amines) is 1. The molecular weight excluding hydrogens is 270 g/mol. The van der Waals surface area contributed by atoms with E-state index in [0.29, 0.717) is 6.54 Å². The molecule has 2 rings (SSSR count). The highest BCUT2D eigenvalue weighted by atomic mass is 79.9. The molecule has 1 fully saturated rings. The fourth-order valence-electron chi connectivity index (χ4n) is 1.71. The number of nitrogens with one attached hydrogen (secondary N) is 1. The molecule has 3 N–H and O–H groups in total. The van der Waals surface area contributed by atoms with Crippen LogP contribution in [0.2, 0.25) is 0 Å². The van der Waals surface area contributed by atoms with Gasteiger partial charge in [0.15, 0.2) is 0 Å². The van der Waals surface area contributed by atoms with Gasteiger partial charge in [-0.1, -0.05) is 15.9 Å². The topological polar surface area (TPSA) is 58.4 Å². The molecule has 0 aliphatic carbocycles. The lowest BCUT2D eigenvalue weighted by Gasteiger charge is -2.16. The molecule has 1 aliphatic rings. The Morgan fingerprint density at radius 1 is 1.44 bits per heavy atom. The summed E-state index contributed by atoms with van der Waals surface area (Å²) in [5.41, 5.74) is 6.55. The molecular formula is C11H14BrN3O. The van der Waals surface area contributed by atoms with Crippen molar-refractivity contribution >= 4 is 27.6 Å². The lowest BCUT2D eigenvalue weighted by atomic mass is 10.3. The molecule has 0 radical (unpaired) electrons. The maximum absolute atomic E-state index is 11.8. The van der Waals surface area contributed by atoms with E-state index in [2.05, 4.69) is 21.2 Å². The third kappa shape index (κ3) is 2.74. The molecule has 0 saturated carbocycles. The van der Waals surface area contributed by atoms with E-state index in [0.717, 1.165) is 23.1 Å². The molecule has 4 nitrogen and oxygen atoms in total. The zero-order chi connectivity index (χ0) is 11.5. The number of benzene rings is 1. The lowest BCUT2D eigenvalue weighted by molar-refractivity contribution is 0.222. The maximum atomic E-state index is 11.8. The van der Waals surface area contributed by atoms with Gasteiger partial charge in [-0.15, -0.1) is 0 Å². The minimum Gasteiger partial charge on any atom is -0.326 e. The molecule has 1 aromatic carbocycles. The Kier molecular flexibility index (Phi) is 3.46. The number of carbonyl (C=O) groups excluding carboxylic acids is 1. The molecule has 2 amide bonds. The highest BCUT2D eigenvalue weighted by Crippen LogP contribution is 2.15. The summed E-state index contributed by atoms with van der Waals surface area (Å²) >= 11 is 3.35. The molecule has 1 aromatic rings. The SMILES string of the molecule is NC1CCN(C(=O)Nc2ccc(Br)cc2)C1. The van der Waals surface area contributed by atoms with Crippen LogP contribution in [-0.4, -0.2) is 30.1 Å². The van der Waals surface area contributed by atoms with Crippen LogP contribution in [0.4, 0.5) is 10.5 Å². The van der Waals surface area contributed by atoms with E-state index in [-0.39, 0.29) is 12.1 Å². The smallest absolute Gasteiger partial charge is 0.321 e. The Balaban J connectivity index is 1.94. The van der Waals surface area contributed by atoms with E-state index >= 15 is 0 Å². The summed E-state index contributed by atoms with van der Waals surface area (Å²) in [6.07, 6.45) is 0.883. The van der Waals surface area contributed by atoms with Crippen molar-refractivity contribution in [1.82, 2.24) is 4.90 Å². The minimum atomic E-state index is -0.0738. The Bertz CT molecular complexity index is 379. The summed E-state index contributed by atoms with van der Waals surface area (Å²) in [5.74, 6) is 0. The summed E-state index contributed by atoms with van der Waals surface area (Å²) in [4.78, 5) is 13.5. The summed E-state index contributed by atoms with van der Waals surface area (Å²) in [6, 6.07) is 7.55. The van der Waals surface area contributed by atoms with E-state index in [1.807, 2.05) is 24.3 Å². The zero-order valence-electron chi connectivity index (χ0n) is 8.82. The van der Waals surface area contributed by atoms with E-state index in [1.165, 1.54) is 0 Å². The number of nitrogens with two attached hydrogens (primary N) is 1. The number of nitrogens with zero attached hydrogens (tertiary/aromatic N) is 1. The van der Waals surface area contributed by atoms with Gasteiger partial charge in [0.2, 0.25) is 0 Å². The molecule has 86 valence electrons. The summed E-state index contributed by atoms with van der Waals surface area (Å²) in [5, 5.41) is 2.84. The number of hydrogen-bond acceptors (Lipinski definition) is 2. The van der Waals surface area contributed by atoms with Gasteiger partial charge in [0.05, 0.1) is 0 Å². The lowest BCUT2D eigenvalue weighted by Crippen LogP contribution is -2.35. The van der Waals surface area contributed by atoms with Crippen molar-refractivity contribution in [2.75, 3.05) is 18.4 Å². The third-order valence-corrected chi connectivity index (χ3v) is 3.14. The highest BCUT2D eigenvalue weighted by molar-refractivity contribution is 9.10. The molecule has 0 bridgehead atoms. The molecule has 1 atom stereocenters. The van der Waals surface area contributed by atoms with Crippen LogP contribution in [-0.2, 0) is 0 Å². The fraction of sp³-hybridized carbons (Fsp3) is 0.364. The van der Waals surface area contributed by atoms with Gasteiger partial charge in [-0.25, -0.2) is 4.79 Å². The van der Waals surface area contributed by atoms with Gasteiger partial charge in [0.1, 0.15) is 0 Å². The first-order chi connectivity index (χ1) is 7.65. The van der Waals surface area contributed by atoms with Crippen LogP contribution in [0.1, 0.15) is 6.42 Å². The van der Waals surface area contributed by atoms with Gasteiger partial charge in [0.25, 0.3) is 0 Å². The summed E-state index contributed by atoms with van der Waals surface area (Å²) < 4.78 is 0.994. The fourth-order valence-corrected chi connectivity index (χ4v) is 1.97. The molecule has 5 heteroatoms. The largest absolute Gasteiger partial charge is 0.326 e. The quantitative estimate of drug-likeness (QED) is 0.828. The predicted molar refractivity (Wildman–Crippen MR) is 67.3 cm³/mol. The van der Waals surface area contributed by atoms with Crippen molar-refractivity contribution in [3.05, 3.63) is 28.7 Å². The zero-order valence-corrected chi connectivity index (χ0v) is 10.4. The van der Waals surface area contributed by atoms with Gasteiger partial charge in [-0.05, 0) is 30.7 Å². The van der Waals surface area contributed by atoms with Crippen molar-refractivity contribution in [3.8, 4) is 0 Å². The molecule has 1 heterocycles. The van der Waals surface area contributed by atoms with Crippen LogP contribution in [0.3, 0.4) is 0 Å². The molecule has 1 saturated heterocycles. The van der Waals surface area contributed by atoms with E-state index in [9.17, 15) is 4.79 Å². The summed E-state index contributed by atoms with van der Waals surface area (Å²) in [7, 11) is 0. The number of carbonyl (C=O) groups is 1. The van der Waals surface area contributed by atoms with Crippen LogP contribution in [0.25, 0.3) is 0 Å². The van der Waals surface area contributed by atoms with Gasteiger partial charge in [0, 0.05) is 29.3 Å². The number of halogens is 1. The molecule has 16 heavy (non-hydrogen) atoms. The Labute approximate surface area is 103 Å². The standard InChI is InChI=1S/C11H14BrN3O/c12-8-1-3-10(4-2-8)14-11(16)15-6-5-9(13)7-15/h1-4,9H,5-7,13H2,(H,14,16). The van der Waals surface area contributed by atoms with Crippen LogP contribution in [0, 0.1) is 0 Å². The van der Waals surface area contributed by atoms with Gasteiger partial charge >= 0.3 is 6.03 Å². The number of amides is 2. The van der Waals surface area contributed by atoms with Crippen LogP contribution in [0.15, 0.2) is 28.7 Å². The van der Waals surface area contributed by atoms with Gasteiger partial charge in [-0.3, -0.25) is 0 Å². The average Bonchev–Trinajstić information content (AvgIpc) is 2.68. The second-order valence-electron chi connectivity index (χ2n) is 3.93. The summed E-state index contributed by atoms with van der Waals surface area (Å²) in [6.45, 7) is 1.38. The second kappa shape index (κ2) is 4.84. The molecule has 0 spiro atoms. The number of urea groups is 1. The van der Waals surface area contributed by atoms with Crippen molar-refractivity contribution < 1.29 is 4.79 Å². The monoisotopic (exact) mass is 283 g/mol. The Morgan fingerprint density at radius 2 is 2.12 bits per heavy atom. The minimum absolute atomic E-state index is 0.0738. The second-order valence-corrected chi connectivity index (χ2v) is 4.85. The first kappa shape index (κ1) is 11.4. The van der Waals surface area contributed by atoms with E-state index < -0.39 is 0 Å². The van der Waals surface area contributed by atoms with Crippen molar-refractivity contribution in [1.29, 1.82) is 0 Å². The van der Waals surface area contributed by atoms with Crippen molar-refractivity contribution in [3.63, 3.8) is 0 Å². The first-order valence-electron chi connectivity index (χ1n) is 5.22. The van der Waals surface area contributed by atoms with Crippen LogP contribution in [0.5, 0.6) is 0 Å². The Hall–Kier alpha value is -1.07. The van der Waals surface area contributed by atoms with Gasteiger partial charge < -0.3 is 16.0 Å². The normalized spacial score (nSPS) is 19.9. The third-order valence-electron chi connectivity index (χ3n) is 2.61. The molecule has 1 aliphatic heterocycles. The molecule has 0 aromatic heterocycles. The highest BCUT2D eigenvalue weighted by Gasteiger charge is 2.23. The Morgan fingerprint density at radius 3 is 2.69 bits per heavy atom. The van der Waals surface area contributed by atoms with Crippen molar-refractivity contribution in [2.24, 2.45) is 5.73 Å². The predicted octanol–water partition coefficient (Wildman–Crippen LogP) is 2.01. The van der Waals surface area contributed by atoms with Crippen molar-refractivity contribution in [2.45, 2.75) is 12.5 Å². The van der Waals surface area contributed by atoms with Crippen LogP contribution >= 0.6 is 15.9 Å². The number of anilines is 1. The van der Waals surface area contributed by atoms with Gasteiger partial charge in [-0.2, -0.15) is 0 Å². The number of hydrogen-bond donors (Lipinski definition) is 2. The number of rotatable bonds is 1. The first-order valence-corrected chi connectivity index (χ1v) is 6.01. The average molecular weight is 284 g/mol. The maximum Gasteiger partial charge on any atom is 0.321 e. The van der Waals surface area contributed by atoms with Crippen LogP contribution < -0.4 is 11.1 Å². The van der Waals surface area contributed by atoms with E-state index in [1.54, 1.807) is 4.90 Å². The van der Waals surface area contributed by atoms with E-state index in [4.69, 9.17) is 5.73 Å². The molecule has 1 unspecified atom stereocenters.